The lowest BCUT2D eigenvalue weighted by molar-refractivity contribution is -0.134. The first kappa shape index (κ1) is 17.4. The van der Waals surface area contributed by atoms with Crippen LogP contribution in [0.5, 0.6) is 0 Å². The molecular formula is C19H28N2O3. The van der Waals surface area contributed by atoms with E-state index in [1.807, 2.05) is 4.90 Å². The molecule has 1 saturated heterocycles. The molecule has 1 aliphatic heterocycles. The topological polar surface area (TPSA) is 53.0 Å². The molecule has 1 N–H and O–H groups in total. The summed E-state index contributed by atoms with van der Waals surface area (Å²) in [5.41, 5.74) is 2.41. The molecule has 1 aromatic rings. The standard InChI is InChI=1S/C19H28N2O3/c1-14-3-5-15(6-4-14)10-21(16-7-8-16)19(23)12-20-11-18(24-2)9-17(20)13-22/h3-6,16-18,22H,7-13H2,1-2H3/t17-,18+/m0/s1. The van der Waals surface area contributed by atoms with E-state index in [0.717, 1.165) is 25.8 Å². The second-order valence-electron chi connectivity index (χ2n) is 7.10. The van der Waals surface area contributed by atoms with Crippen molar-refractivity contribution in [3.63, 3.8) is 0 Å². The largest absolute Gasteiger partial charge is 0.395 e. The number of aryl methyl sites for hydroxylation is 1. The molecule has 0 radical (unpaired) electrons. The van der Waals surface area contributed by atoms with Gasteiger partial charge in [-0.25, -0.2) is 0 Å². The molecule has 1 amide bonds. The van der Waals surface area contributed by atoms with Crippen LogP contribution >= 0.6 is 0 Å². The van der Waals surface area contributed by atoms with E-state index in [-0.39, 0.29) is 24.7 Å². The molecule has 2 aliphatic rings. The van der Waals surface area contributed by atoms with Crippen molar-refractivity contribution in [1.82, 2.24) is 9.80 Å². The number of hydrogen-bond donors (Lipinski definition) is 1. The molecule has 0 spiro atoms. The van der Waals surface area contributed by atoms with Crippen molar-refractivity contribution in [1.29, 1.82) is 0 Å². The van der Waals surface area contributed by atoms with Gasteiger partial charge in [-0.1, -0.05) is 29.8 Å². The van der Waals surface area contributed by atoms with Gasteiger partial charge in [0.15, 0.2) is 0 Å². The molecule has 1 aliphatic carbocycles. The summed E-state index contributed by atoms with van der Waals surface area (Å²) in [5, 5.41) is 9.56. The summed E-state index contributed by atoms with van der Waals surface area (Å²) >= 11 is 0. The maximum Gasteiger partial charge on any atom is 0.237 e. The van der Waals surface area contributed by atoms with Crippen LogP contribution < -0.4 is 0 Å². The molecular weight excluding hydrogens is 304 g/mol. The Morgan fingerprint density at radius 2 is 2.04 bits per heavy atom. The van der Waals surface area contributed by atoms with E-state index in [0.29, 0.717) is 19.1 Å². The number of carbonyl (C=O) groups excluding carboxylic acids is 1. The van der Waals surface area contributed by atoms with Crippen molar-refractivity contribution >= 4 is 5.91 Å². The van der Waals surface area contributed by atoms with Gasteiger partial charge in [-0.05, 0) is 31.7 Å². The minimum absolute atomic E-state index is 0.0272. The van der Waals surface area contributed by atoms with Crippen molar-refractivity contribution in [3.8, 4) is 0 Å². The molecule has 0 aromatic heterocycles. The van der Waals surface area contributed by atoms with Crippen LogP contribution in [0.3, 0.4) is 0 Å². The Kier molecular flexibility index (Phi) is 5.54. The molecule has 132 valence electrons. The first-order valence-electron chi connectivity index (χ1n) is 8.83. The van der Waals surface area contributed by atoms with Gasteiger partial charge in [0, 0.05) is 32.3 Å². The highest BCUT2D eigenvalue weighted by atomic mass is 16.5. The number of methoxy groups -OCH3 is 1. The van der Waals surface area contributed by atoms with Crippen LogP contribution in [0.15, 0.2) is 24.3 Å². The van der Waals surface area contributed by atoms with Gasteiger partial charge >= 0.3 is 0 Å². The Balaban J connectivity index is 1.63. The monoisotopic (exact) mass is 332 g/mol. The van der Waals surface area contributed by atoms with Crippen molar-refractivity contribution in [3.05, 3.63) is 35.4 Å². The lowest BCUT2D eigenvalue weighted by Gasteiger charge is -2.28. The molecule has 5 heteroatoms. The van der Waals surface area contributed by atoms with Crippen molar-refractivity contribution in [2.24, 2.45) is 0 Å². The van der Waals surface area contributed by atoms with Crippen molar-refractivity contribution in [2.45, 2.75) is 50.9 Å². The Bertz CT molecular complexity index is 556. The highest BCUT2D eigenvalue weighted by Crippen LogP contribution is 2.29. The van der Waals surface area contributed by atoms with Gasteiger partial charge < -0.3 is 14.7 Å². The van der Waals surface area contributed by atoms with Crippen LogP contribution in [0, 0.1) is 6.92 Å². The van der Waals surface area contributed by atoms with Crippen LogP contribution in [0.25, 0.3) is 0 Å². The van der Waals surface area contributed by atoms with Gasteiger partial charge in [0.2, 0.25) is 5.91 Å². The van der Waals surface area contributed by atoms with Crippen LogP contribution in [0.2, 0.25) is 0 Å². The van der Waals surface area contributed by atoms with Crippen molar-refractivity contribution < 1.29 is 14.6 Å². The predicted octanol–water partition coefficient (Wildman–Crippen LogP) is 1.57. The molecule has 2 atom stereocenters. The number of benzene rings is 1. The number of nitrogens with zero attached hydrogens (tertiary/aromatic N) is 2. The normalized spacial score (nSPS) is 24.3. The third-order valence-electron chi connectivity index (χ3n) is 5.15. The molecule has 1 aromatic carbocycles. The zero-order valence-corrected chi connectivity index (χ0v) is 14.6. The highest BCUT2D eigenvalue weighted by molar-refractivity contribution is 5.79. The van der Waals surface area contributed by atoms with E-state index in [9.17, 15) is 9.90 Å². The van der Waals surface area contributed by atoms with Crippen LogP contribution in [0.4, 0.5) is 0 Å². The minimum Gasteiger partial charge on any atom is -0.395 e. The van der Waals surface area contributed by atoms with Gasteiger partial charge in [-0.15, -0.1) is 0 Å². The van der Waals surface area contributed by atoms with Crippen LogP contribution in [-0.2, 0) is 16.1 Å². The molecule has 2 fully saturated rings. The molecule has 24 heavy (non-hydrogen) atoms. The summed E-state index contributed by atoms with van der Waals surface area (Å²) in [4.78, 5) is 17.0. The fourth-order valence-electron chi connectivity index (χ4n) is 3.45. The predicted molar refractivity (Wildman–Crippen MR) is 92.6 cm³/mol. The van der Waals surface area contributed by atoms with Crippen molar-refractivity contribution in [2.75, 3.05) is 26.8 Å². The summed E-state index contributed by atoms with van der Waals surface area (Å²) in [5.74, 6) is 0.160. The second kappa shape index (κ2) is 7.64. The van der Waals surface area contributed by atoms with Gasteiger partial charge in [-0.2, -0.15) is 0 Å². The number of aliphatic hydroxyl groups is 1. The molecule has 1 saturated carbocycles. The maximum absolute atomic E-state index is 12.9. The first-order chi connectivity index (χ1) is 11.6. The summed E-state index contributed by atoms with van der Waals surface area (Å²) in [6, 6.07) is 8.80. The number of aliphatic hydroxyl groups excluding tert-OH is 1. The van der Waals surface area contributed by atoms with E-state index in [1.165, 1.54) is 11.1 Å². The number of amides is 1. The van der Waals surface area contributed by atoms with E-state index >= 15 is 0 Å². The Labute approximate surface area is 144 Å². The fraction of sp³-hybridized carbons (Fsp3) is 0.632. The van der Waals surface area contributed by atoms with Gasteiger partial charge in [0.25, 0.3) is 0 Å². The Morgan fingerprint density at radius 3 is 2.62 bits per heavy atom. The molecule has 0 bridgehead atoms. The zero-order chi connectivity index (χ0) is 17.1. The third-order valence-corrected chi connectivity index (χ3v) is 5.15. The number of rotatable bonds is 7. The fourth-order valence-corrected chi connectivity index (χ4v) is 3.45. The van der Waals surface area contributed by atoms with Gasteiger partial charge in [0.1, 0.15) is 0 Å². The maximum atomic E-state index is 12.9. The Hall–Kier alpha value is -1.43. The number of ether oxygens (including phenoxy) is 1. The summed E-state index contributed by atoms with van der Waals surface area (Å²) in [7, 11) is 1.69. The number of carbonyl (C=O) groups is 1. The van der Waals surface area contributed by atoms with E-state index in [1.54, 1.807) is 7.11 Å². The van der Waals surface area contributed by atoms with Gasteiger partial charge in [0.05, 0.1) is 19.3 Å². The SMILES string of the molecule is CO[C@@H]1C[C@@H](CO)N(CC(=O)N(Cc2ccc(C)cc2)C2CC2)C1. The Morgan fingerprint density at radius 1 is 1.33 bits per heavy atom. The first-order valence-corrected chi connectivity index (χ1v) is 8.83. The zero-order valence-electron chi connectivity index (χ0n) is 14.6. The summed E-state index contributed by atoms with van der Waals surface area (Å²) in [6.07, 6.45) is 3.10. The average Bonchev–Trinajstić information content (AvgIpc) is 3.34. The second-order valence-corrected chi connectivity index (χ2v) is 7.10. The molecule has 1 heterocycles. The van der Waals surface area contributed by atoms with Crippen LogP contribution in [0.1, 0.15) is 30.4 Å². The lowest BCUT2D eigenvalue weighted by atomic mass is 10.1. The van der Waals surface area contributed by atoms with E-state index in [2.05, 4.69) is 36.1 Å². The lowest BCUT2D eigenvalue weighted by Crippen LogP contribution is -2.44. The minimum atomic E-state index is 0.0272. The third kappa shape index (κ3) is 4.15. The summed E-state index contributed by atoms with van der Waals surface area (Å²) < 4.78 is 5.40. The molecule has 0 unspecified atom stereocenters. The van der Waals surface area contributed by atoms with Crippen LogP contribution in [-0.4, -0.2) is 65.8 Å². The molecule has 3 rings (SSSR count). The van der Waals surface area contributed by atoms with E-state index < -0.39 is 0 Å². The highest BCUT2D eigenvalue weighted by Gasteiger charge is 2.37. The number of likely N-dealkylation sites (tertiary alicyclic amines) is 1. The smallest absolute Gasteiger partial charge is 0.237 e. The number of hydrogen-bond acceptors (Lipinski definition) is 4. The average molecular weight is 332 g/mol. The van der Waals surface area contributed by atoms with E-state index in [4.69, 9.17) is 4.74 Å². The summed E-state index contributed by atoms with van der Waals surface area (Å²) in [6.45, 7) is 3.91. The quantitative estimate of drug-likeness (QED) is 0.823. The van der Waals surface area contributed by atoms with Gasteiger partial charge in [-0.3, -0.25) is 9.69 Å². The molecule has 5 nitrogen and oxygen atoms in total.